The van der Waals surface area contributed by atoms with Gasteiger partial charge in [0.15, 0.2) is 0 Å². The number of benzene rings is 1. The lowest BCUT2D eigenvalue weighted by atomic mass is 10.0. The summed E-state index contributed by atoms with van der Waals surface area (Å²) in [5, 5.41) is 4.78. The largest absolute Gasteiger partial charge is 0.271 e. The van der Waals surface area contributed by atoms with Gasteiger partial charge in [-0.15, -0.1) is 0 Å². The molecule has 0 bridgehead atoms. The number of nitrogens with zero attached hydrogens (tertiary/aromatic N) is 2. The summed E-state index contributed by atoms with van der Waals surface area (Å²) in [7, 11) is 0. The number of nitrogens with one attached hydrogen (secondary N) is 1. The van der Waals surface area contributed by atoms with Crippen molar-refractivity contribution in [1.29, 1.82) is 0 Å². The van der Waals surface area contributed by atoms with Crippen molar-refractivity contribution in [1.82, 2.24) is 15.2 Å². The molecule has 0 aliphatic heterocycles. The molecule has 0 fully saturated rings. The Labute approximate surface area is 126 Å². The zero-order chi connectivity index (χ0) is 15.6. The number of nitrogens with two attached hydrogens (primary N) is 1. The molecule has 0 saturated carbocycles. The summed E-state index contributed by atoms with van der Waals surface area (Å²) in [6, 6.07) is 2.99. The molecule has 1 unspecified atom stereocenters. The van der Waals surface area contributed by atoms with Gasteiger partial charge in [0, 0.05) is 18.5 Å². The van der Waals surface area contributed by atoms with E-state index in [1.807, 2.05) is 6.92 Å². The minimum atomic E-state index is -0.731. The molecule has 1 atom stereocenters. The maximum Gasteiger partial charge on any atom is 0.130 e. The van der Waals surface area contributed by atoms with E-state index in [1.165, 1.54) is 18.2 Å². The molecule has 0 amide bonds. The van der Waals surface area contributed by atoms with Crippen molar-refractivity contribution in [2.24, 2.45) is 5.84 Å². The van der Waals surface area contributed by atoms with Gasteiger partial charge in [0.1, 0.15) is 11.6 Å². The van der Waals surface area contributed by atoms with Gasteiger partial charge in [-0.3, -0.25) is 16.0 Å². The second-order valence-electron chi connectivity index (χ2n) is 4.72. The van der Waals surface area contributed by atoms with Crippen LogP contribution in [0.1, 0.15) is 29.9 Å². The third-order valence-electron chi connectivity index (χ3n) is 3.40. The van der Waals surface area contributed by atoms with Crippen LogP contribution in [0.4, 0.5) is 8.78 Å². The van der Waals surface area contributed by atoms with Crippen LogP contribution in [0, 0.1) is 18.6 Å². The van der Waals surface area contributed by atoms with Gasteiger partial charge >= 0.3 is 0 Å². The van der Waals surface area contributed by atoms with E-state index in [2.05, 4.69) is 10.5 Å². The third kappa shape index (κ3) is 3.07. The Morgan fingerprint density at radius 3 is 2.52 bits per heavy atom. The van der Waals surface area contributed by atoms with E-state index in [9.17, 15) is 8.78 Å². The molecular formula is C14H17ClF2N4. The van der Waals surface area contributed by atoms with Gasteiger partial charge in [0.2, 0.25) is 0 Å². The lowest BCUT2D eigenvalue weighted by Crippen LogP contribution is -2.31. The highest BCUT2D eigenvalue weighted by Crippen LogP contribution is 2.28. The van der Waals surface area contributed by atoms with Crippen molar-refractivity contribution >= 4 is 11.6 Å². The first-order valence-corrected chi connectivity index (χ1v) is 6.99. The van der Waals surface area contributed by atoms with E-state index in [1.54, 1.807) is 11.6 Å². The average Bonchev–Trinajstić information content (AvgIpc) is 2.73. The minimum Gasteiger partial charge on any atom is -0.271 e. The molecule has 21 heavy (non-hydrogen) atoms. The molecule has 0 aliphatic carbocycles. The highest BCUT2D eigenvalue weighted by Gasteiger charge is 2.23. The summed E-state index contributed by atoms with van der Waals surface area (Å²) in [5.41, 5.74) is 3.73. The second kappa shape index (κ2) is 6.51. The predicted octanol–water partition coefficient (Wildman–Crippen LogP) is 2.89. The number of rotatable bonds is 5. The molecule has 2 rings (SSSR count). The zero-order valence-corrected chi connectivity index (χ0v) is 12.6. The van der Waals surface area contributed by atoms with E-state index in [4.69, 9.17) is 17.4 Å². The monoisotopic (exact) mass is 314 g/mol. The smallest absolute Gasteiger partial charge is 0.130 e. The standard InChI is InChI=1S/C14H17ClF2N4/c1-3-21-12(14(15)8(2)20-21)7-11(19-18)13-9(16)5-4-6-10(13)17/h4-6,11,19H,3,7,18H2,1-2H3. The molecular weight excluding hydrogens is 298 g/mol. The molecule has 114 valence electrons. The molecule has 1 aromatic heterocycles. The Balaban J connectivity index is 2.41. The van der Waals surface area contributed by atoms with Crippen LogP contribution in [0.2, 0.25) is 5.02 Å². The van der Waals surface area contributed by atoms with Crippen molar-refractivity contribution in [2.45, 2.75) is 32.9 Å². The summed E-state index contributed by atoms with van der Waals surface area (Å²) in [6.45, 7) is 4.31. The fourth-order valence-electron chi connectivity index (χ4n) is 2.35. The summed E-state index contributed by atoms with van der Waals surface area (Å²) in [5.74, 6) is 4.19. The van der Waals surface area contributed by atoms with Gasteiger partial charge in [0.05, 0.1) is 22.5 Å². The maximum atomic E-state index is 13.9. The molecule has 1 heterocycles. The van der Waals surface area contributed by atoms with E-state index in [-0.39, 0.29) is 12.0 Å². The molecule has 0 radical (unpaired) electrons. The molecule has 7 heteroatoms. The van der Waals surface area contributed by atoms with Crippen LogP contribution in [-0.2, 0) is 13.0 Å². The molecule has 0 saturated heterocycles. The van der Waals surface area contributed by atoms with Gasteiger partial charge in [0.25, 0.3) is 0 Å². The fourth-order valence-corrected chi connectivity index (χ4v) is 2.56. The summed E-state index contributed by atoms with van der Waals surface area (Å²) in [6.07, 6.45) is 0.238. The van der Waals surface area contributed by atoms with E-state index < -0.39 is 17.7 Å². The van der Waals surface area contributed by atoms with Crippen LogP contribution in [0.5, 0.6) is 0 Å². The first kappa shape index (κ1) is 15.9. The first-order chi connectivity index (χ1) is 9.99. The Hall–Kier alpha value is -1.50. The van der Waals surface area contributed by atoms with Gasteiger partial charge in [-0.05, 0) is 26.0 Å². The quantitative estimate of drug-likeness (QED) is 0.659. The highest BCUT2D eigenvalue weighted by atomic mass is 35.5. The van der Waals surface area contributed by atoms with Crippen LogP contribution >= 0.6 is 11.6 Å². The molecule has 0 aliphatic rings. The van der Waals surface area contributed by atoms with Crippen LogP contribution in [0.3, 0.4) is 0 Å². The van der Waals surface area contributed by atoms with E-state index >= 15 is 0 Å². The lowest BCUT2D eigenvalue weighted by molar-refractivity contribution is 0.460. The van der Waals surface area contributed by atoms with Crippen molar-refractivity contribution < 1.29 is 8.78 Å². The minimum absolute atomic E-state index is 0.0995. The Kier molecular flexibility index (Phi) is 4.92. The number of aryl methyl sites for hydroxylation is 2. The Bertz CT molecular complexity index is 622. The fraction of sp³-hybridized carbons (Fsp3) is 0.357. The normalized spacial score (nSPS) is 12.7. The van der Waals surface area contributed by atoms with E-state index in [0.29, 0.717) is 23.0 Å². The number of aromatic nitrogens is 2. The van der Waals surface area contributed by atoms with Gasteiger partial charge in [-0.2, -0.15) is 5.10 Å². The van der Waals surface area contributed by atoms with Gasteiger partial charge < -0.3 is 0 Å². The lowest BCUT2D eigenvalue weighted by Gasteiger charge is -2.18. The topological polar surface area (TPSA) is 55.9 Å². The SMILES string of the molecule is CCn1nc(C)c(Cl)c1CC(NN)c1c(F)cccc1F. The van der Waals surface area contributed by atoms with E-state index in [0.717, 1.165) is 0 Å². The third-order valence-corrected chi connectivity index (χ3v) is 3.89. The summed E-state index contributed by atoms with van der Waals surface area (Å²) >= 11 is 6.22. The Morgan fingerprint density at radius 1 is 1.38 bits per heavy atom. The van der Waals surface area contributed by atoms with Crippen molar-refractivity contribution in [2.75, 3.05) is 0 Å². The van der Waals surface area contributed by atoms with Crippen molar-refractivity contribution in [3.8, 4) is 0 Å². The summed E-state index contributed by atoms with van der Waals surface area (Å²) < 4.78 is 29.5. The number of hydrogen-bond donors (Lipinski definition) is 2. The van der Waals surface area contributed by atoms with Crippen LogP contribution < -0.4 is 11.3 Å². The zero-order valence-electron chi connectivity index (χ0n) is 11.8. The van der Waals surface area contributed by atoms with Crippen LogP contribution in [0.15, 0.2) is 18.2 Å². The molecule has 2 aromatic rings. The summed E-state index contributed by atoms with van der Waals surface area (Å²) in [4.78, 5) is 0. The molecule has 3 N–H and O–H groups in total. The maximum absolute atomic E-state index is 13.9. The van der Waals surface area contributed by atoms with Crippen molar-refractivity contribution in [3.05, 3.63) is 51.8 Å². The van der Waals surface area contributed by atoms with Crippen LogP contribution in [-0.4, -0.2) is 9.78 Å². The average molecular weight is 315 g/mol. The predicted molar refractivity (Wildman–Crippen MR) is 77.8 cm³/mol. The first-order valence-electron chi connectivity index (χ1n) is 6.61. The molecule has 4 nitrogen and oxygen atoms in total. The number of hydrogen-bond acceptors (Lipinski definition) is 3. The Morgan fingerprint density at radius 2 is 2.00 bits per heavy atom. The van der Waals surface area contributed by atoms with Gasteiger partial charge in [-0.1, -0.05) is 17.7 Å². The number of halogens is 3. The molecule has 1 aromatic carbocycles. The second-order valence-corrected chi connectivity index (χ2v) is 5.10. The molecule has 0 spiro atoms. The van der Waals surface area contributed by atoms with Crippen LogP contribution in [0.25, 0.3) is 0 Å². The number of hydrazine groups is 1. The van der Waals surface area contributed by atoms with Crippen molar-refractivity contribution in [3.63, 3.8) is 0 Å². The highest BCUT2D eigenvalue weighted by molar-refractivity contribution is 6.31. The van der Waals surface area contributed by atoms with Gasteiger partial charge in [-0.25, -0.2) is 8.78 Å².